The van der Waals surface area contributed by atoms with Crippen molar-refractivity contribution in [3.63, 3.8) is 0 Å². The molecule has 1 saturated heterocycles. The predicted octanol–water partition coefficient (Wildman–Crippen LogP) is 3.72. The first-order valence-corrected chi connectivity index (χ1v) is 8.38. The maximum atomic E-state index is 12.6. The Morgan fingerprint density at radius 3 is 2.31 bits per heavy atom. The topological polar surface area (TPSA) is 53.5 Å². The fraction of sp³-hybridized carbons (Fsp3) is 0.0952. The third kappa shape index (κ3) is 3.07. The predicted molar refractivity (Wildman–Crippen MR) is 99.4 cm³/mol. The molecular weight excluding hydrogens is 326 g/mol. The summed E-state index contributed by atoms with van der Waals surface area (Å²) in [6.07, 6.45) is 3.54. The Morgan fingerprint density at radius 1 is 0.846 bits per heavy atom. The highest BCUT2D eigenvalue weighted by atomic mass is 16.2. The standard InChI is InChI=1S/C21H17N3O2/c25-20-15-23(19-6-2-1-3-7-19)21(26)24(20)14-16-8-10-17(11-9-16)18-5-4-12-22-13-18/h1-13H,14-15H2. The van der Waals surface area contributed by atoms with Gasteiger partial charge < -0.3 is 0 Å². The Balaban J connectivity index is 1.50. The number of urea groups is 1. The summed E-state index contributed by atoms with van der Waals surface area (Å²) in [5, 5.41) is 0. The number of carbonyl (C=O) groups excluding carboxylic acids is 2. The minimum Gasteiger partial charge on any atom is -0.285 e. The van der Waals surface area contributed by atoms with Crippen molar-refractivity contribution in [3.05, 3.63) is 84.7 Å². The molecule has 5 nitrogen and oxygen atoms in total. The molecule has 128 valence electrons. The molecule has 0 saturated carbocycles. The van der Waals surface area contributed by atoms with Crippen molar-refractivity contribution < 1.29 is 9.59 Å². The molecule has 1 fully saturated rings. The Labute approximate surface area is 151 Å². The molecule has 1 aromatic heterocycles. The lowest BCUT2D eigenvalue weighted by Crippen LogP contribution is -2.32. The van der Waals surface area contributed by atoms with Gasteiger partial charge in [0.15, 0.2) is 0 Å². The molecule has 0 spiro atoms. The van der Waals surface area contributed by atoms with Gasteiger partial charge in [0, 0.05) is 18.1 Å². The summed E-state index contributed by atoms with van der Waals surface area (Å²) in [7, 11) is 0. The number of benzene rings is 2. The summed E-state index contributed by atoms with van der Waals surface area (Å²) in [5.41, 5.74) is 3.73. The van der Waals surface area contributed by atoms with Crippen LogP contribution >= 0.6 is 0 Å². The highest BCUT2D eigenvalue weighted by Crippen LogP contribution is 2.23. The average Bonchev–Trinajstić information content (AvgIpc) is 2.98. The largest absolute Gasteiger partial charge is 0.332 e. The van der Waals surface area contributed by atoms with Crippen LogP contribution in [0.15, 0.2) is 79.1 Å². The molecule has 0 radical (unpaired) electrons. The number of para-hydroxylation sites is 1. The van der Waals surface area contributed by atoms with Gasteiger partial charge in [-0.3, -0.25) is 19.6 Å². The van der Waals surface area contributed by atoms with E-state index in [1.807, 2.05) is 66.7 Å². The van der Waals surface area contributed by atoms with Crippen LogP contribution < -0.4 is 4.90 Å². The number of aromatic nitrogens is 1. The van der Waals surface area contributed by atoms with E-state index in [4.69, 9.17) is 0 Å². The second-order valence-corrected chi connectivity index (χ2v) is 6.12. The number of hydrogen-bond donors (Lipinski definition) is 0. The van der Waals surface area contributed by atoms with Crippen LogP contribution in [0.25, 0.3) is 11.1 Å². The zero-order valence-electron chi connectivity index (χ0n) is 14.1. The summed E-state index contributed by atoms with van der Waals surface area (Å²) in [4.78, 5) is 31.9. The average molecular weight is 343 g/mol. The summed E-state index contributed by atoms with van der Waals surface area (Å²) in [6, 6.07) is 20.7. The van der Waals surface area contributed by atoms with Gasteiger partial charge >= 0.3 is 6.03 Å². The molecular formula is C21H17N3O2. The molecule has 26 heavy (non-hydrogen) atoms. The minimum absolute atomic E-state index is 0.0800. The molecule has 4 rings (SSSR count). The first-order chi connectivity index (χ1) is 12.7. The van der Waals surface area contributed by atoms with E-state index in [9.17, 15) is 9.59 Å². The third-order valence-corrected chi connectivity index (χ3v) is 4.41. The Hall–Kier alpha value is -3.47. The van der Waals surface area contributed by atoms with Gasteiger partial charge in [-0.2, -0.15) is 0 Å². The van der Waals surface area contributed by atoms with Crippen LogP contribution in [0, 0.1) is 0 Å². The van der Waals surface area contributed by atoms with Crippen molar-refractivity contribution in [2.24, 2.45) is 0 Å². The lowest BCUT2D eigenvalue weighted by molar-refractivity contribution is -0.125. The van der Waals surface area contributed by atoms with Crippen LogP contribution in [0.2, 0.25) is 0 Å². The van der Waals surface area contributed by atoms with Crippen LogP contribution in [0.3, 0.4) is 0 Å². The molecule has 5 heteroatoms. The lowest BCUT2D eigenvalue weighted by Gasteiger charge is -2.17. The van der Waals surface area contributed by atoms with Crippen LogP contribution in [0.4, 0.5) is 10.5 Å². The van der Waals surface area contributed by atoms with E-state index in [2.05, 4.69) is 4.98 Å². The monoisotopic (exact) mass is 343 g/mol. The van der Waals surface area contributed by atoms with E-state index in [1.54, 1.807) is 12.4 Å². The van der Waals surface area contributed by atoms with E-state index in [1.165, 1.54) is 9.80 Å². The molecule has 0 atom stereocenters. The number of imide groups is 1. The van der Waals surface area contributed by atoms with Crippen molar-refractivity contribution in [2.75, 3.05) is 11.4 Å². The number of carbonyl (C=O) groups is 2. The molecule has 2 aromatic carbocycles. The van der Waals surface area contributed by atoms with Crippen molar-refractivity contribution in [1.29, 1.82) is 0 Å². The number of pyridine rings is 1. The fourth-order valence-corrected chi connectivity index (χ4v) is 3.02. The first kappa shape index (κ1) is 16.0. The van der Waals surface area contributed by atoms with Crippen molar-refractivity contribution in [2.45, 2.75) is 6.54 Å². The summed E-state index contributed by atoms with van der Waals surface area (Å²) < 4.78 is 0. The number of rotatable bonds is 4. The minimum atomic E-state index is -0.280. The zero-order valence-corrected chi connectivity index (χ0v) is 14.1. The normalized spacial score (nSPS) is 14.2. The maximum absolute atomic E-state index is 12.6. The van der Waals surface area contributed by atoms with E-state index >= 15 is 0 Å². The van der Waals surface area contributed by atoms with Crippen LogP contribution in [-0.2, 0) is 11.3 Å². The van der Waals surface area contributed by atoms with Gasteiger partial charge in [0.2, 0.25) is 0 Å². The molecule has 3 aromatic rings. The zero-order chi connectivity index (χ0) is 17.9. The van der Waals surface area contributed by atoms with Gasteiger partial charge in [-0.25, -0.2) is 4.79 Å². The quantitative estimate of drug-likeness (QED) is 0.679. The van der Waals surface area contributed by atoms with Gasteiger partial charge in [-0.15, -0.1) is 0 Å². The summed E-state index contributed by atoms with van der Waals surface area (Å²) >= 11 is 0. The summed E-state index contributed by atoms with van der Waals surface area (Å²) in [6.45, 7) is 0.352. The van der Waals surface area contributed by atoms with Gasteiger partial charge in [0.1, 0.15) is 6.54 Å². The molecule has 1 aliphatic rings. The van der Waals surface area contributed by atoms with Gasteiger partial charge in [-0.1, -0.05) is 48.5 Å². The first-order valence-electron chi connectivity index (χ1n) is 8.38. The number of amides is 3. The maximum Gasteiger partial charge on any atom is 0.332 e. The smallest absolute Gasteiger partial charge is 0.285 e. The molecule has 3 amide bonds. The highest BCUT2D eigenvalue weighted by Gasteiger charge is 2.36. The van der Waals surface area contributed by atoms with E-state index < -0.39 is 0 Å². The fourth-order valence-electron chi connectivity index (χ4n) is 3.02. The highest BCUT2D eigenvalue weighted by molar-refractivity contribution is 6.12. The number of hydrogen-bond acceptors (Lipinski definition) is 3. The molecule has 0 N–H and O–H groups in total. The van der Waals surface area contributed by atoms with Crippen molar-refractivity contribution in [3.8, 4) is 11.1 Å². The van der Waals surface area contributed by atoms with Crippen LogP contribution in [0.1, 0.15) is 5.56 Å². The van der Waals surface area contributed by atoms with E-state index in [-0.39, 0.29) is 25.0 Å². The second kappa shape index (κ2) is 6.80. The molecule has 0 aliphatic carbocycles. The SMILES string of the molecule is O=C1CN(c2ccccc2)C(=O)N1Cc1ccc(-c2cccnc2)cc1. The molecule has 2 heterocycles. The van der Waals surface area contributed by atoms with Crippen molar-refractivity contribution in [1.82, 2.24) is 9.88 Å². The number of anilines is 1. The molecule has 1 aliphatic heterocycles. The van der Waals surface area contributed by atoms with E-state index in [0.717, 1.165) is 22.4 Å². The second-order valence-electron chi connectivity index (χ2n) is 6.12. The number of nitrogens with zero attached hydrogens (tertiary/aromatic N) is 3. The third-order valence-electron chi connectivity index (χ3n) is 4.41. The Kier molecular flexibility index (Phi) is 4.19. The van der Waals surface area contributed by atoms with Crippen molar-refractivity contribution >= 4 is 17.6 Å². The summed E-state index contributed by atoms with van der Waals surface area (Å²) in [5.74, 6) is -0.185. The van der Waals surface area contributed by atoms with E-state index in [0.29, 0.717) is 0 Å². The Morgan fingerprint density at radius 2 is 1.62 bits per heavy atom. The van der Waals surface area contributed by atoms with Crippen LogP contribution in [0.5, 0.6) is 0 Å². The van der Waals surface area contributed by atoms with Gasteiger partial charge in [0.25, 0.3) is 5.91 Å². The lowest BCUT2D eigenvalue weighted by atomic mass is 10.1. The van der Waals surface area contributed by atoms with Gasteiger partial charge in [0.05, 0.1) is 6.54 Å². The van der Waals surface area contributed by atoms with Crippen LogP contribution in [-0.4, -0.2) is 28.4 Å². The molecule has 0 unspecified atom stereocenters. The Bertz CT molecular complexity index is 924. The molecule has 0 bridgehead atoms. The van der Waals surface area contributed by atoms with Gasteiger partial charge in [-0.05, 0) is 34.9 Å².